The maximum atomic E-state index is 11.9. The van der Waals surface area contributed by atoms with Gasteiger partial charge in [0, 0.05) is 60.9 Å². The van der Waals surface area contributed by atoms with Crippen molar-refractivity contribution in [2.75, 3.05) is 148 Å². The number of methoxy groups -OCH3 is 2. The third-order valence-corrected chi connectivity index (χ3v) is 14.6. The number of rotatable bonds is 26. The highest BCUT2D eigenvalue weighted by atomic mass is 16.6. The molecule has 4 aromatic rings. The summed E-state index contributed by atoms with van der Waals surface area (Å²) in [5.41, 5.74) is 7.90. The minimum atomic E-state index is -1.03. The summed E-state index contributed by atoms with van der Waals surface area (Å²) in [4.78, 5) is 134. The van der Waals surface area contributed by atoms with Crippen molar-refractivity contribution >= 4 is 66.1 Å². The van der Waals surface area contributed by atoms with E-state index in [1.165, 1.54) is 40.7 Å². The molecule has 0 radical (unpaired) electrons. The molecule has 0 aliphatic carbocycles. The number of carbonyl (C=O) groups is 11. The van der Waals surface area contributed by atoms with Gasteiger partial charge in [0.2, 0.25) is 11.8 Å². The Hall–Kier alpha value is -10.2. The number of carbonyl (C=O) groups excluding carboxylic acids is 11. The van der Waals surface area contributed by atoms with Gasteiger partial charge in [0.15, 0.2) is 17.9 Å². The summed E-state index contributed by atoms with van der Waals surface area (Å²) in [7, 11) is 10.8. The van der Waals surface area contributed by atoms with E-state index < -0.39 is 83.9 Å². The van der Waals surface area contributed by atoms with E-state index in [0.29, 0.717) is 59.2 Å². The summed E-state index contributed by atoms with van der Waals surface area (Å²) in [5, 5.41) is 18.8. The minimum Gasteiger partial charge on any atom is -0.467 e. The van der Waals surface area contributed by atoms with Crippen LogP contribution in [0, 0.1) is 0 Å². The van der Waals surface area contributed by atoms with Crippen molar-refractivity contribution in [1.82, 2.24) is 45.8 Å². The monoisotopic (exact) mass is 1540 g/mol. The molecule has 34 heteroatoms. The summed E-state index contributed by atoms with van der Waals surface area (Å²) in [6, 6.07) is 33.9. The van der Waals surface area contributed by atoms with E-state index in [4.69, 9.17) is 58.2 Å². The number of hydrogen-bond donors (Lipinski definition) is 6. The molecule has 0 bridgehead atoms. The fourth-order valence-electron chi connectivity index (χ4n) is 8.45. The Morgan fingerprint density at radius 3 is 1.34 bits per heavy atom. The molecule has 3 heterocycles. The standard InChI is InChI=1S/C20H30N2O7.C15H22N2O5.C14H18N2O4.C12H13NO3.C8H17NO3.C6H12N2O2/c1-20(2,3)29-19(25)22(4)11-12-27-14-16(17(23)26-5)21-18(24)28-13-15-9-7-6-8-10-15;1-16-8-9-21-11-13(14(18)20-2)17-15(19)22-10-12-6-4-3-5-7-12;1-16-7-8-19-10-12(13(16)17)15-14(18)20-9-11-5-3-2-4-6-11;1-9(14)11-7-13(11)12(15)16-8-10-5-3-2-4-6-10;1-8(2,3)12-7(11)9(4)5-6-10;1-8-2-3-10-4-5(7)6(8)9/h6-10,16H,11-14H2,1-5H3,(H,21,24);3-7,13,16H,8-11H2,1-2H3,(H,17,19);2-6,12H,7-10H2,1H3,(H,15,18);2-6,11H,7-8H2,1H3;10H,5-6H2,1-4H3;5H,2-4,7H2,1H3/t16-;13-;12-;11-,13?;;5-/m1110.1/s1. The van der Waals surface area contributed by atoms with Gasteiger partial charge in [-0.1, -0.05) is 121 Å². The van der Waals surface area contributed by atoms with Crippen LogP contribution in [0.1, 0.15) is 70.7 Å². The Morgan fingerprint density at radius 1 is 0.569 bits per heavy atom. The van der Waals surface area contributed by atoms with Crippen LogP contribution in [-0.2, 0) is 107 Å². The molecule has 34 nitrogen and oxygen atoms in total. The predicted molar refractivity (Wildman–Crippen MR) is 398 cm³/mol. The van der Waals surface area contributed by atoms with Crippen molar-refractivity contribution in [2.45, 2.75) is 116 Å². The molecule has 3 aliphatic rings. The number of amides is 8. The highest BCUT2D eigenvalue weighted by molar-refractivity contribution is 5.90. The Labute approximate surface area is 637 Å². The minimum absolute atomic E-state index is 0.0108. The van der Waals surface area contributed by atoms with Crippen LogP contribution >= 0.6 is 0 Å². The van der Waals surface area contributed by atoms with Crippen molar-refractivity contribution in [2.24, 2.45) is 5.73 Å². The van der Waals surface area contributed by atoms with E-state index in [1.807, 2.05) is 121 Å². The molecule has 7 N–H and O–H groups in total. The Bertz CT molecular complexity index is 3320. The molecule has 3 fully saturated rings. The molecule has 7 rings (SSSR count). The predicted octanol–water partition coefficient (Wildman–Crippen LogP) is 5.04. The number of alkyl carbamates (subject to hydrolysis) is 3. The number of ketones is 1. The first-order valence-corrected chi connectivity index (χ1v) is 35.0. The maximum Gasteiger partial charge on any atom is 0.410 e. The van der Waals surface area contributed by atoms with Crippen LogP contribution in [0.3, 0.4) is 0 Å². The molecule has 0 spiro atoms. The Morgan fingerprint density at radius 2 is 0.954 bits per heavy atom. The van der Waals surface area contributed by atoms with Crippen molar-refractivity contribution in [1.29, 1.82) is 0 Å². The second-order valence-corrected chi connectivity index (χ2v) is 26.2. The van der Waals surface area contributed by atoms with Crippen molar-refractivity contribution in [3.63, 3.8) is 0 Å². The highest BCUT2D eigenvalue weighted by Crippen LogP contribution is 2.20. The van der Waals surface area contributed by atoms with Gasteiger partial charge >= 0.3 is 48.5 Å². The summed E-state index contributed by atoms with van der Waals surface area (Å²) < 4.78 is 60.9. The van der Waals surface area contributed by atoms with Crippen LogP contribution in [0.2, 0.25) is 0 Å². The first kappa shape index (κ1) is 94.8. The molecule has 3 saturated heterocycles. The van der Waals surface area contributed by atoms with Gasteiger partial charge in [0.05, 0.1) is 80.2 Å². The van der Waals surface area contributed by atoms with E-state index in [-0.39, 0.29) is 89.6 Å². The maximum absolute atomic E-state index is 11.9. The first-order chi connectivity index (χ1) is 51.7. The molecule has 3 aliphatic heterocycles. The quantitative estimate of drug-likeness (QED) is 0.0207. The van der Waals surface area contributed by atoms with Crippen molar-refractivity contribution < 1.29 is 115 Å². The number of esters is 2. The van der Waals surface area contributed by atoms with Crippen molar-refractivity contribution in [3.8, 4) is 0 Å². The second-order valence-electron chi connectivity index (χ2n) is 26.2. The zero-order valence-corrected chi connectivity index (χ0v) is 65.0. The number of nitrogens with two attached hydrogens (primary N) is 1. The summed E-state index contributed by atoms with van der Waals surface area (Å²) in [6.07, 6.45) is -3.38. The van der Waals surface area contributed by atoms with Crippen LogP contribution in [0.4, 0.5) is 28.8 Å². The zero-order valence-electron chi connectivity index (χ0n) is 65.0. The fourth-order valence-corrected chi connectivity index (χ4v) is 8.45. The number of Topliss-reactive ketones (excluding diaryl/α,β-unsaturated/α-hetero) is 1. The third-order valence-electron chi connectivity index (χ3n) is 14.6. The summed E-state index contributed by atoms with van der Waals surface area (Å²) in [6.45, 7) is 17.7. The fraction of sp³-hybridized carbons (Fsp3) is 0.533. The Balaban J connectivity index is 0.000000458. The summed E-state index contributed by atoms with van der Waals surface area (Å²) >= 11 is 0. The normalized spacial score (nSPS) is 15.5. The number of likely N-dealkylation sites (N-methyl/N-ethyl adjacent to an activating group) is 5. The van der Waals surface area contributed by atoms with E-state index in [1.54, 1.807) is 81.7 Å². The van der Waals surface area contributed by atoms with Crippen LogP contribution < -0.4 is 27.0 Å². The van der Waals surface area contributed by atoms with Crippen LogP contribution in [-0.4, -0.2) is 285 Å². The molecule has 0 saturated carbocycles. The molecule has 5 atom stereocenters. The number of nitrogens with one attached hydrogen (secondary N) is 4. The Kier molecular flexibility index (Phi) is 45.9. The van der Waals surface area contributed by atoms with Crippen LogP contribution in [0.25, 0.3) is 0 Å². The molecular weight excluding hydrogens is 1420 g/mol. The lowest BCUT2D eigenvalue weighted by atomic mass is 10.2. The van der Waals surface area contributed by atoms with E-state index in [0.717, 1.165) is 22.3 Å². The van der Waals surface area contributed by atoms with E-state index >= 15 is 0 Å². The molecule has 606 valence electrons. The number of ether oxygens (including phenoxy) is 12. The molecule has 0 aromatic heterocycles. The van der Waals surface area contributed by atoms with Crippen LogP contribution in [0.15, 0.2) is 121 Å². The lowest BCUT2D eigenvalue weighted by Gasteiger charge is -2.24. The zero-order chi connectivity index (χ0) is 81.3. The van der Waals surface area contributed by atoms with Gasteiger partial charge in [-0.2, -0.15) is 0 Å². The summed E-state index contributed by atoms with van der Waals surface area (Å²) in [5.74, 6) is -1.43. The van der Waals surface area contributed by atoms with Crippen molar-refractivity contribution in [3.05, 3.63) is 144 Å². The molecule has 0 unspecified atom stereocenters. The second kappa shape index (κ2) is 52.7. The van der Waals surface area contributed by atoms with E-state index in [2.05, 4.69) is 30.7 Å². The SMILES string of the molecule is CC(=O)[C@@H]1CN1C(=O)OCc1ccccc1.CN(CCO)C(=O)OC(C)(C)C.CN1CCOC[C@@H](N)C1=O.CN1CCOC[C@@H](NC(=O)OCc2ccccc2)C1=O.CNCCOC[C@@H](NC(=O)OCc1ccccc1)C(=O)OC.COC(=O)[C@@H](COCCN(C)C(=O)OC(C)(C)C)NC(=O)OCc1ccccc1. The van der Waals surface area contributed by atoms with Gasteiger partial charge < -0.3 is 109 Å². The number of hydrogen-bond acceptors (Lipinski definition) is 26. The van der Waals surface area contributed by atoms with Gasteiger partial charge in [-0.15, -0.1) is 0 Å². The highest BCUT2D eigenvalue weighted by Gasteiger charge is 2.43. The lowest BCUT2D eigenvalue weighted by Crippen LogP contribution is -2.48. The van der Waals surface area contributed by atoms with Gasteiger partial charge in [-0.05, 0) is 77.8 Å². The number of nitrogens with zero attached hydrogens (tertiary/aromatic N) is 5. The molecule has 4 aromatic carbocycles. The molecular formula is C75H112N10O24. The van der Waals surface area contributed by atoms with Gasteiger partial charge in [0.25, 0.3) is 0 Å². The lowest BCUT2D eigenvalue weighted by molar-refractivity contribution is -0.145. The van der Waals surface area contributed by atoms with E-state index in [9.17, 15) is 52.7 Å². The molecule has 109 heavy (non-hydrogen) atoms. The average Bonchev–Trinajstić information content (AvgIpc) is 1.66. The number of benzene rings is 4. The largest absolute Gasteiger partial charge is 0.467 e. The average molecular weight is 1540 g/mol. The van der Waals surface area contributed by atoms with Gasteiger partial charge in [0.1, 0.15) is 55.8 Å². The molecule has 8 amide bonds. The number of aliphatic hydroxyl groups excluding tert-OH is 1. The van der Waals surface area contributed by atoms with Crippen LogP contribution in [0.5, 0.6) is 0 Å². The number of aliphatic hydroxyl groups is 1. The smallest absolute Gasteiger partial charge is 0.410 e. The first-order valence-electron chi connectivity index (χ1n) is 35.0. The topological polar surface area (TPSA) is 409 Å². The van der Waals surface area contributed by atoms with Gasteiger partial charge in [-0.3, -0.25) is 19.3 Å². The van der Waals surface area contributed by atoms with Gasteiger partial charge in [-0.25, -0.2) is 38.4 Å². The third kappa shape index (κ3) is 43.4.